The van der Waals surface area contributed by atoms with Gasteiger partial charge in [-0.15, -0.1) is 0 Å². The van der Waals surface area contributed by atoms with Crippen LogP contribution < -0.4 is 21.7 Å². The van der Waals surface area contributed by atoms with Gasteiger partial charge in [0.1, 0.15) is 18.1 Å². The summed E-state index contributed by atoms with van der Waals surface area (Å²) in [5.41, 5.74) is 6.03. The molecular formula is C21H30N4O7. The second-order valence-corrected chi connectivity index (χ2v) is 7.70. The molecule has 1 rings (SSSR count). The summed E-state index contributed by atoms with van der Waals surface area (Å²) in [5.74, 6) is -5.05. The van der Waals surface area contributed by atoms with Crippen molar-refractivity contribution in [1.29, 1.82) is 0 Å². The minimum atomic E-state index is -1.54. The van der Waals surface area contributed by atoms with Crippen LogP contribution in [0.2, 0.25) is 0 Å². The van der Waals surface area contributed by atoms with Gasteiger partial charge in [0.05, 0.1) is 13.0 Å². The zero-order valence-electron chi connectivity index (χ0n) is 18.0. The lowest BCUT2D eigenvalue weighted by atomic mass is 10.0. The van der Waals surface area contributed by atoms with Gasteiger partial charge in [-0.1, -0.05) is 44.2 Å². The number of rotatable bonds is 13. The van der Waals surface area contributed by atoms with Crippen LogP contribution in [0.5, 0.6) is 0 Å². The third-order valence-electron chi connectivity index (χ3n) is 4.45. The van der Waals surface area contributed by atoms with Gasteiger partial charge in [0.15, 0.2) is 0 Å². The zero-order chi connectivity index (χ0) is 24.3. The smallest absolute Gasteiger partial charge is 0.326 e. The Morgan fingerprint density at radius 3 is 1.94 bits per heavy atom. The molecule has 0 aliphatic carbocycles. The van der Waals surface area contributed by atoms with E-state index >= 15 is 0 Å². The standard InChI is InChI=1S/C21H30N4O7/c1-12(2)8-16(21(31)32)25-20(30)15(10-18(27)28)24-19(29)14(23-17(26)11-22)9-13-6-4-3-5-7-13/h3-7,12,14-16H,8-11,22H2,1-2H3,(H,23,26)(H,24,29)(H,25,30)(H,27,28)(H,31,32). The average molecular weight is 450 g/mol. The maximum Gasteiger partial charge on any atom is 0.326 e. The molecule has 0 aliphatic rings. The molecule has 3 amide bonds. The predicted molar refractivity (Wildman–Crippen MR) is 114 cm³/mol. The van der Waals surface area contributed by atoms with Crippen molar-refractivity contribution in [2.45, 2.75) is 51.2 Å². The second kappa shape index (κ2) is 13.1. The second-order valence-electron chi connectivity index (χ2n) is 7.70. The predicted octanol–water partition coefficient (Wildman–Crippen LogP) is -0.752. The van der Waals surface area contributed by atoms with Gasteiger partial charge in [-0.2, -0.15) is 0 Å². The zero-order valence-corrected chi connectivity index (χ0v) is 18.0. The van der Waals surface area contributed by atoms with Gasteiger partial charge < -0.3 is 31.9 Å². The molecule has 0 bridgehead atoms. The summed E-state index contributed by atoms with van der Waals surface area (Å²) < 4.78 is 0. The molecule has 1 aromatic carbocycles. The van der Waals surface area contributed by atoms with E-state index in [0.717, 1.165) is 0 Å². The molecular weight excluding hydrogens is 420 g/mol. The van der Waals surface area contributed by atoms with E-state index in [-0.39, 0.29) is 25.3 Å². The van der Waals surface area contributed by atoms with Crippen molar-refractivity contribution >= 4 is 29.7 Å². The van der Waals surface area contributed by atoms with E-state index in [1.807, 2.05) is 0 Å². The molecule has 0 spiro atoms. The summed E-state index contributed by atoms with van der Waals surface area (Å²) in [6, 6.07) is 4.84. The van der Waals surface area contributed by atoms with Crippen LogP contribution in [0.3, 0.4) is 0 Å². The van der Waals surface area contributed by atoms with Crippen LogP contribution in [-0.2, 0) is 30.4 Å². The van der Waals surface area contributed by atoms with Gasteiger partial charge in [0.25, 0.3) is 0 Å². The normalized spacial score (nSPS) is 13.5. The van der Waals surface area contributed by atoms with Crippen molar-refractivity contribution in [1.82, 2.24) is 16.0 Å². The Labute approximate surface area is 185 Å². The SMILES string of the molecule is CC(C)CC(NC(=O)C(CC(=O)O)NC(=O)C(Cc1ccccc1)NC(=O)CN)C(=O)O. The molecule has 3 unspecified atom stereocenters. The molecule has 11 heteroatoms. The molecule has 0 aromatic heterocycles. The fourth-order valence-corrected chi connectivity index (χ4v) is 2.93. The number of nitrogens with two attached hydrogens (primary N) is 1. The van der Waals surface area contributed by atoms with Gasteiger partial charge in [-0.3, -0.25) is 19.2 Å². The molecule has 11 nitrogen and oxygen atoms in total. The third-order valence-corrected chi connectivity index (χ3v) is 4.45. The monoisotopic (exact) mass is 450 g/mol. The van der Waals surface area contributed by atoms with Gasteiger partial charge in [0, 0.05) is 6.42 Å². The van der Waals surface area contributed by atoms with Gasteiger partial charge >= 0.3 is 11.9 Å². The quantitative estimate of drug-likeness (QED) is 0.226. The molecule has 3 atom stereocenters. The summed E-state index contributed by atoms with van der Waals surface area (Å²) in [6.07, 6.45) is -0.572. The Morgan fingerprint density at radius 2 is 1.44 bits per heavy atom. The number of benzene rings is 1. The number of carboxylic acid groups (broad SMARTS) is 2. The number of carboxylic acids is 2. The number of carbonyl (C=O) groups excluding carboxylic acids is 3. The first kappa shape index (κ1) is 26.6. The van der Waals surface area contributed by atoms with Gasteiger partial charge in [-0.05, 0) is 17.9 Å². The van der Waals surface area contributed by atoms with Crippen LogP contribution in [0.1, 0.15) is 32.3 Å². The van der Waals surface area contributed by atoms with Crippen molar-refractivity contribution in [3.05, 3.63) is 35.9 Å². The van der Waals surface area contributed by atoms with Crippen LogP contribution in [0.4, 0.5) is 0 Å². The van der Waals surface area contributed by atoms with Crippen LogP contribution >= 0.6 is 0 Å². The summed E-state index contributed by atoms with van der Waals surface area (Å²) in [5, 5.41) is 25.5. The van der Waals surface area contributed by atoms with Crippen molar-refractivity contribution in [2.24, 2.45) is 11.7 Å². The Morgan fingerprint density at radius 1 is 0.875 bits per heavy atom. The first-order chi connectivity index (χ1) is 15.0. The number of amides is 3. The molecule has 1 aromatic rings. The highest BCUT2D eigenvalue weighted by molar-refractivity contribution is 5.95. The van der Waals surface area contributed by atoms with Crippen molar-refractivity contribution in [3.63, 3.8) is 0 Å². The van der Waals surface area contributed by atoms with Crippen molar-refractivity contribution < 1.29 is 34.2 Å². The number of hydrogen-bond acceptors (Lipinski definition) is 6. The highest BCUT2D eigenvalue weighted by atomic mass is 16.4. The summed E-state index contributed by atoms with van der Waals surface area (Å²) >= 11 is 0. The van der Waals surface area contributed by atoms with Crippen molar-refractivity contribution in [2.75, 3.05) is 6.54 Å². The van der Waals surface area contributed by atoms with Crippen LogP contribution in [0.25, 0.3) is 0 Å². The highest BCUT2D eigenvalue weighted by Gasteiger charge is 2.31. The molecule has 0 radical (unpaired) electrons. The molecule has 7 N–H and O–H groups in total. The van der Waals surface area contributed by atoms with E-state index in [2.05, 4.69) is 16.0 Å². The third kappa shape index (κ3) is 9.56. The lowest BCUT2D eigenvalue weighted by Crippen LogP contribution is -2.57. The lowest BCUT2D eigenvalue weighted by molar-refractivity contribution is -0.144. The molecule has 0 saturated carbocycles. The van der Waals surface area contributed by atoms with E-state index in [1.54, 1.807) is 44.2 Å². The number of hydrogen-bond donors (Lipinski definition) is 6. The first-order valence-corrected chi connectivity index (χ1v) is 10.1. The first-order valence-electron chi connectivity index (χ1n) is 10.1. The summed E-state index contributed by atoms with van der Waals surface area (Å²) in [7, 11) is 0. The lowest BCUT2D eigenvalue weighted by Gasteiger charge is -2.24. The Kier molecular flexibility index (Phi) is 10.8. The minimum Gasteiger partial charge on any atom is -0.481 e. The van der Waals surface area contributed by atoms with Gasteiger partial charge in [0.2, 0.25) is 17.7 Å². The Hall–Kier alpha value is -3.47. The molecule has 176 valence electrons. The van der Waals surface area contributed by atoms with Crippen molar-refractivity contribution in [3.8, 4) is 0 Å². The van der Waals surface area contributed by atoms with Crippen LogP contribution in [0.15, 0.2) is 30.3 Å². The average Bonchev–Trinajstić information content (AvgIpc) is 2.72. The van der Waals surface area contributed by atoms with Crippen LogP contribution in [-0.4, -0.2) is 64.5 Å². The van der Waals surface area contributed by atoms with E-state index in [0.29, 0.717) is 5.56 Å². The van der Waals surface area contributed by atoms with E-state index in [4.69, 9.17) is 10.8 Å². The molecule has 0 aliphatic heterocycles. The minimum absolute atomic E-state index is 0.0503. The maximum absolute atomic E-state index is 12.8. The number of nitrogens with one attached hydrogen (secondary N) is 3. The fourth-order valence-electron chi connectivity index (χ4n) is 2.93. The van der Waals surface area contributed by atoms with Gasteiger partial charge in [-0.25, -0.2) is 4.79 Å². The molecule has 0 fully saturated rings. The topological polar surface area (TPSA) is 188 Å². The number of aliphatic carboxylic acids is 2. The Balaban J connectivity index is 3.02. The molecule has 32 heavy (non-hydrogen) atoms. The molecule has 0 heterocycles. The van der Waals surface area contributed by atoms with E-state index in [1.165, 1.54) is 0 Å². The highest BCUT2D eigenvalue weighted by Crippen LogP contribution is 2.07. The summed E-state index contributed by atoms with van der Waals surface area (Å²) in [6.45, 7) is 3.17. The largest absolute Gasteiger partial charge is 0.481 e. The fraction of sp³-hybridized carbons (Fsp3) is 0.476. The molecule has 0 saturated heterocycles. The van der Waals surface area contributed by atoms with E-state index in [9.17, 15) is 29.1 Å². The van der Waals surface area contributed by atoms with E-state index < -0.39 is 54.2 Å². The Bertz CT molecular complexity index is 814. The maximum atomic E-state index is 12.8. The summed E-state index contributed by atoms with van der Waals surface area (Å²) in [4.78, 5) is 59.9. The number of carbonyl (C=O) groups is 5. The van der Waals surface area contributed by atoms with Crippen LogP contribution in [0, 0.1) is 5.92 Å².